The summed E-state index contributed by atoms with van der Waals surface area (Å²) in [4.78, 5) is 9.41. The van der Waals surface area contributed by atoms with Crippen LogP contribution in [-0.4, -0.2) is 62.3 Å². The quantitative estimate of drug-likeness (QED) is 0.0480. The van der Waals surface area contributed by atoms with Gasteiger partial charge in [-0.1, -0.05) is 103 Å². The van der Waals surface area contributed by atoms with Crippen LogP contribution in [0, 0.1) is 0 Å². The molecule has 0 aliphatic carbocycles. The molecule has 4 N–H and O–H groups in total. The molecule has 0 spiro atoms. The number of aliphatic hydroxyl groups excluding tert-OH is 1. The molecule has 9 heteroatoms. The first kappa shape index (κ1) is 37.7. The number of aliphatic hydroxyl groups is 1. The monoisotopic (exact) mass is 565 g/mol. The lowest BCUT2D eigenvalue weighted by atomic mass is 10.0. The minimum atomic E-state index is -4.19. The summed E-state index contributed by atoms with van der Waals surface area (Å²) in [6.07, 6.45) is 26.9. The van der Waals surface area contributed by atoms with Crippen molar-refractivity contribution in [2.45, 2.75) is 135 Å². The first-order chi connectivity index (χ1) is 18.4. The van der Waals surface area contributed by atoms with Gasteiger partial charge in [-0.15, -0.1) is 0 Å². The van der Waals surface area contributed by atoms with Gasteiger partial charge in [-0.3, -0.25) is 9.05 Å². The smallest absolute Gasteiger partial charge is 0.388 e. The van der Waals surface area contributed by atoms with Crippen molar-refractivity contribution < 1.29 is 33.1 Å². The van der Waals surface area contributed by atoms with Crippen LogP contribution in [0.5, 0.6) is 0 Å². The van der Waals surface area contributed by atoms with Crippen molar-refractivity contribution in [1.29, 1.82) is 0 Å². The highest BCUT2D eigenvalue weighted by Crippen LogP contribution is 2.42. The molecular weight excluding hydrogens is 505 g/mol. The van der Waals surface area contributed by atoms with Gasteiger partial charge in [0.25, 0.3) is 0 Å². The van der Waals surface area contributed by atoms with Crippen molar-refractivity contribution in [3.8, 4) is 0 Å². The molecule has 0 saturated heterocycles. The Balaban J connectivity index is 3.49. The van der Waals surface area contributed by atoms with Crippen LogP contribution in [0.15, 0.2) is 12.2 Å². The third-order valence-corrected chi connectivity index (χ3v) is 7.52. The van der Waals surface area contributed by atoms with Gasteiger partial charge < -0.3 is 25.2 Å². The fraction of sp³-hybridized carbons (Fsp3) is 0.931. The summed E-state index contributed by atoms with van der Waals surface area (Å²) in [6, 6.07) is 0. The normalized spacial score (nSPS) is 15.2. The maximum absolute atomic E-state index is 11.5. The van der Waals surface area contributed by atoms with Crippen molar-refractivity contribution in [3.05, 3.63) is 12.2 Å². The Morgan fingerprint density at radius 2 is 1.29 bits per heavy atom. The van der Waals surface area contributed by atoms with Crippen LogP contribution >= 0.6 is 7.82 Å². The topological polar surface area (TPSA) is 120 Å². The molecule has 0 radical (unpaired) electrons. The summed E-state index contributed by atoms with van der Waals surface area (Å²) in [7, 11) is -2.52. The Morgan fingerprint density at radius 3 is 1.82 bits per heavy atom. The van der Waals surface area contributed by atoms with Crippen molar-refractivity contribution in [2.24, 2.45) is 5.73 Å². The Kier molecular flexibility index (Phi) is 28.0. The number of unbranched alkanes of at least 4 members (excludes halogenated alkanes) is 15. The van der Waals surface area contributed by atoms with Crippen molar-refractivity contribution in [3.63, 3.8) is 0 Å². The molecule has 0 rings (SSSR count). The second kappa shape index (κ2) is 28.2. The fourth-order valence-corrected chi connectivity index (χ4v) is 4.96. The Hall–Kier alpha value is -0.310. The van der Waals surface area contributed by atoms with E-state index in [1.165, 1.54) is 103 Å². The molecule has 3 atom stereocenters. The molecule has 228 valence electrons. The van der Waals surface area contributed by atoms with Gasteiger partial charge in [-0.05, 0) is 32.1 Å². The number of methoxy groups -OCH3 is 1. The Labute approximate surface area is 233 Å². The number of nitrogens with two attached hydrogens (primary N) is 1. The molecule has 0 aliphatic heterocycles. The molecule has 0 amide bonds. The van der Waals surface area contributed by atoms with Gasteiger partial charge in [0.15, 0.2) is 0 Å². The zero-order valence-electron chi connectivity index (χ0n) is 24.5. The van der Waals surface area contributed by atoms with E-state index >= 15 is 0 Å². The van der Waals surface area contributed by atoms with Crippen LogP contribution in [0.4, 0.5) is 0 Å². The second-order valence-electron chi connectivity index (χ2n) is 10.2. The van der Waals surface area contributed by atoms with Crippen molar-refractivity contribution in [2.75, 3.05) is 40.1 Å². The summed E-state index contributed by atoms with van der Waals surface area (Å²) in [5.74, 6) is 0. The third kappa shape index (κ3) is 27.3. The van der Waals surface area contributed by atoms with Gasteiger partial charge in [0.2, 0.25) is 0 Å². The first-order valence-electron chi connectivity index (χ1n) is 15.2. The highest BCUT2D eigenvalue weighted by atomic mass is 31.2. The van der Waals surface area contributed by atoms with Gasteiger partial charge in [0, 0.05) is 13.7 Å². The molecule has 0 aliphatic rings. The number of hydrogen-bond acceptors (Lipinski definition) is 7. The Morgan fingerprint density at radius 1 is 0.763 bits per heavy atom. The molecule has 0 heterocycles. The summed E-state index contributed by atoms with van der Waals surface area (Å²) in [6.45, 7) is 2.28. The van der Waals surface area contributed by atoms with E-state index in [1.54, 1.807) is 7.11 Å². The van der Waals surface area contributed by atoms with Gasteiger partial charge in [0.05, 0.1) is 32.5 Å². The van der Waals surface area contributed by atoms with Crippen LogP contribution in [0.2, 0.25) is 0 Å². The molecule has 0 aromatic heterocycles. The van der Waals surface area contributed by atoms with Crippen molar-refractivity contribution in [1.82, 2.24) is 0 Å². The van der Waals surface area contributed by atoms with E-state index in [9.17, 15) is 14.6 Å². The maximum atomic E-state index is 11.5. The van der Waals surface area contributed by atoms with E-state index in [1.807, 2.05) is 0 Å². The lowest BCUT2D eigenvalue weighted by molar-refractivity contribution is -0.0386. The van der Waals surface area contributed by atoms with Crippen LogP contribution in [0.1, 0.15) is 122 Å². The summed E-state index contributed by atoms with van der Waals surface area (Å²) in [5.41, 5.74) is 5.22. The average molecular weight is 566 g/mol. The molecule has 0 saturated carbocycles. The highest BCUT2D eigenvalue weighted by molar-refractivity contribution is 7.47. The van der Waals surface area contributed by atoms with Crippen molar-refractivity contribution >= 4 is 7.82 Å². The average Bonchev–Trinajstić information content (AvgIpc) is 2.91. The standard InChI is InChI=1S/C29H60NO7P/c1-3-4-5-6-7-8-9-10-11-12-13-14-15-16-17-18-19-20-21-22-29(34-2)27-35-25-28(31)26-37-38(32,33)36-24-23-30/h8-9,28-29,31H,3-7,10-27,30H2,1-2H3,(H,32,33)/b9-8-/t28-,29?/m1/s1. The van der Waals surface area contributed by atoms with Gasteiger partial charge >= 0.3 is 7.82 Å². The molecule has 2 unspecified atom stereocenters. The Bertz CT molecular complexity index is 565. The van der Waals surface area contributed by atoms with Crippen LogP contribution in [0.3, 0.4) is 0 Å². The highest BCUT2D eigenvalue weighted by Gasteiger charge is 2.22. The van der Waals surface area contributed by atoms with E-state index < -0.39 is 13.9 Å². The van der Waals surface area contributed by atoms with Crippen LogP contribution < -0.4 is 5.73 Å². The molecule has 0 fully saturated rings. The molecule has 8 nitrogen and oxygen atoms in total. The molecule has 0 bridgehead atoms. The SMILES string of the molecule is CCCCCC/C=C\CCCCCCCCCCCCCC(COC[C@@H](O)COP(=O)(O)OCCN)OC. The predicted octanol–water partition coefficient (Wildman–Crippen LogP) is 7.07. The lowest BCUT2D eigenvalue weighted by Crippen LogP contribution is -2.26. The second-order valence-corrected chi connectivity index (χ2v) is 11.7. The number of ether oxygens (including phenoxy) is 2. The number of rotatable bonds is 30. The van der Waals surface area contributed by atoms with Gasteiger partial charge in [-0.25, -0.2) is 4.57 Å². The predicted molar refractivity (Wildman–Crippen MR) is 156 cm³/mol. The zero-order valence-corrected chi connectivity index (χ0v) is 25.4. The number of phosphoric acid groups is 1. The van der Waals surface area contributed by atoms with E-state index in [-0.39, 0.29) is 32.5 Å². The first-order valence-corrected chi connectivity index (χ1v) is 16.7. The van der Waals surface area contributed by atoms with E-state index in [4.69, 9.17) is 19.7 Å². The number of allylic oxidation sites excluding steroid dienone is 2. The van der Waals surface area contributed by atoms with Crippen LogP contribution in [-0.2, 0) is 23.1 Å². The van der Waals surface area contributed by atoms with E-state index in [0.29, 0.717) is 6.61 Å². The number of phosphoric ester groups is 1. The summed E-state index contributed by atoms with van der Waals surface area (Å²) in [5, 5.41) is 9.86. The molecule has 0 aromatic carbocycles. The number of hydrogen-bond donors (Lipinski definition) is 3. The minimum absolute atomic E-state index is 0.00695. The van der Waals surface area contributed by atoms with E-state index in [0.717, 1.165) is 12.8 Å². The van der Waals surface area contributed by atoms with E-state index in [2.05, 4.69) is 23.6 Å². The van der Waals surface area contributed by atoms with Crippen LogP contribution in [0.25, 0.3) is 0 Å². The fourth-order valence-electron chi connectivity index (χ4n) is 4.19. The third-order valence-electron chi connectivity index (χ3n) is 6.54. The summed E-state index contributed by atoms with van der Waals surface area (Å²) >= 11 is 0. The zero-order chi connectivity index (χ0) is 28.2. The summed E-state index contributed by atoms with van der Waals surface area (Å²) < 4.78 is 31.8. The molecule has 38 heavy (non-hydrogen) atoms. The van der Waals surface area contributed by atoms with Gasteiger partial charge in [0.1, 0.15) is 6.10 Å². The molecular formula is C29H60NO7P. The van der Waals surface area contributed by atoms with Gasteiger partial charge in [-0.2, -0.15) is 0 Å². The lowest BCUT2D eigenvalue weighted by Gasteiger charge is -2.18. The minimum Gasteiger partial charge on any atom is -0.388 e. The largest absolute Gasteiger partial charge is 0.472 e. The maximum Gasteiger partial charge on any atom is 0.472 e. The molecule has 0 aromatic rings.